The summed E-state index contributed by atoms with van der Waals surface area (Å²) in [6, 6.07) is 10.5. The Labute approximate surface area is 166 Å². The van der Waals surface area contributed by atoms with E-state index in [0.717, 1.165) is 64.7 Å². The van der Waals surface area contributed by atoms with E-state index in [1.54, 1.807) is 12.4 Å². The van der Waals surface area contributed by atoms with Crippen molar-refractivity contribution in [3.8, 4) is 0 Å². The highest BCUT2D eigenvalue weighted by Crippen LogP contribution is 2.18. The number of likely N-dealkylation sites (N-methyl/N-ethyl adjacent to an activating group) is 1. The van der Waals surface area contributed by atoms with Gasteiger partial charge in [-0.15, -0.1) is 0 Å². The van der Waals surface area contributed by atoms with Gasteiger partial charge >= 0.3 is 0 Å². The molecule has 2 aliphatic rings. The van der Waals surface area contributed by atoms with Gasteiger partial charge in [-0.2, -0.15) is 0 Å². The molecule has 1 amide bonds. The summed E-state index contributed by atoms with van der Waals surface area (Å²) in [4.78, 5) is 30.5. The van der Waals surface area contributed by atoms with E-state index in [-0.39, 0.29) is 5.91 Å². The molecule has 0 spiro atoms. The first-order valence-electron chi connectivity index (χ1n) is 10.1. The largest absolute Gasteiger partial charge is 0.368 e. The van der Waals surface area contributed by atoms with Crippen LogP contribution < -0.4 is 9.80 Å². The van der Waals surface area contributed by atoms with Crippen LogP contribution in [0.3, 0.4) is 0 Å². The highest BCUT2D eigenvalue weighted by Gasteiger charge is 2.23. The lowest BCUT2D eigenvalue weighted by Crippen LogP contribution is -2.48. The van der Waals surface area contributed by atoms with Crippen LogP contribution in [0.25, 0.3) is 0 Å². The third kappa shape index (κ3) is 4.09. The molecule has 28 heavy (non-hydrogen) atoms. The number of amides is 1. The minimum Gasteiger partial charge on any atom is -0.368 e. The van der Waals surface area contributed by atoms with Gasteiger partial charge in [-0.3, -0.25) is 4.79 Å². The number of carbonyl (C=O) groups is 1. The number of rotatable bonds is 4. The van der Waals surface area contributed by atoms with Crippen molar-refractivity contribution in [3.63, 3.8) is 0 Å². The normalized spacial score (nSPS) is 18.4. The molecule has 148 valence electrons. The van der Waals surface area contributed by atoms with Crippen LogP contribution in [0.2, 0.25) is 0 Å². The van der Waals surface area contributed by atoms with Crippen molar-refractivity contribution in [1.29, 1.82) is 0 Å². The number of hydrogen-bond donors (Lipinski definition) is 0. The zero-order chi connectivity index (χ0) is 19.3. The summed E-state index contributed by atoms with van der Waals surface area (Å²) >= 11 is 0. The molecule has 0 N–H and O–H groups in total. The standard InChI is InChI=1S/C21H28N6O/c1-2-24-8-10-27(11-9-24)21(28)19-16-23-20(17-22-19)26-14-12-25(13-15-26)18-6-4-3-5-7-18/h3-7,16-17H,2,8-15H2,1H3. The molecule has 2 aromatic rings. The summed E-state index contributed by atoms with van der Waals surface area (Å²) in [6.07, 6.45) is 3.38. The maximum atomic E-state index is 12.7. The van der Waals surface area contributed by atoms with Gasteiger partial charge in [0.2, 0.25) is 0 Å². The summed E-state index contributed by atoms with van der Waals surface area (Å²) in [5.74, 6) is 0.837. The molecule has 0 unspecified atom stereocenters. The van der Waals surface area contributed by atoms with E-state index in [1.165, 1.54) is 5.69 Å². The van der Waals surface area contributed by atoms with Crippen molar-refractivity contribution < 1.29 is 4.79 Å². The van der Waals surface area contributed by atoms with E-state index in [0.29, 0.717) is 5.69 Å². The topological polar surface area (TPSA) is 55.8 Å². The SMILES string of the molecule is CCN1CCN(C(=O)c2cnc(N3CCN(c4ccccc4)CC3)cn2)CC1. The molecule has 2 saturated heterocycles. The summed E-state index contributed by atoms with van der Waals surface area (Å²) in [7, 11) is 0. The van der Waals surface area contributed by atoms with E-state index >= 15 is 0 Å². The van der Waals surface area contributed by atoms with Crippen molar-refractivity contribution in [2.45, 2.75) is 6.92 Å². The fraction of sp³-hybridized carbons (Fsp3) is 0.476. The summed E-state index contributed by atoms with van der Waals surface area (Å²) in [5.41, 5.74) is 1.70. The van der Waals surface area contributed by atoms with Crippen LogP contribution in [0.1, 0.15) is 17.4 Å². The first-order chi connectivity index (χ1) is 13.7. The zero-order valence-corrected chi connectivity index (χ0v) is 16.5. The van der Waals surface area contributed by atoms with Gasteiger partial charge in [0, 0.05) is 58.0 Å². The van der Waals surface area contributed by atoms with Crippen LogP contribution >= 0.6 is 0 Å². The Bertz CT molecular complexity index is 765. The Morgan fingerprint density at radius 2 is 1.54 bits per heavy atom. The van der Waals surface area contributed by atoms with Crippen molar-refractivity contribution >= 4 is 17.4 Å². The first kappa shape index (κ1) is 18.7. The Hall–Kier alpha value is -2.67. The molecule has 0 bridgehead atoms. The molecule has 0 radical (unpaired) electrons. The molecule has 4 rings (SSSR count). The van der Waals surface area contributed by atoms with E-state index in [4.69, 9.17) is 0 Å². The lowest BCUT2D eigenvalue weighted by molar-refractivity contribution is 0.0637. The number of hydrogen-bond acceptors (Lipinski definition) is 6. The molecule has 7 nitrogen and oxygen atoms in total. The van der Waals surface area contributed by atoms with Gasteiger partial charge in [0.15, 0.2) is 0 Å². The molecule has 1 aromatic carbocycles. The third-order valence-corrected chi connectivity index (χ3v) is 5.69. The van der Waals surface area contributed by atoms with Crippen LogP contribution in [0.15, 0.2) is 42.7 Å². The summed E-state index contributed by atoms with van der Waals surface area (Å²) in [6.45, 7) is 10.3. The molecule has 0 atom stereocenters. The minimum atomic E-state index is -0.0105. The number of anilines is 2. The fourth-order valence-corrected chi connectivity index (χ4v) is 3.86. The van der Waals surface area contributed by atoms with E-state index in [1.807, 2.05) is 11.0 Å². The number of carbonyl (C=O) groups excluding carboxylic acids is 1. The monoisotopic (exact) mass is 380 g/mol. The summed E-state index contributed by atoms with van der Waals surface area (Å²) in [5, 5.41) is 0. The van der Waals surface area contributed by atoms with Gasteiger partial charge < -0.3 is 19.6 Å². The van der Waals surface area contributed by atoms with Gasteiger partial charge in [0.1, 0.15) is 11.5 Å². The Kier molecular flexibility index (Phi) is 5.71. The van der Waals surface area contributed by atoms with E-state index in [9.17, 15) is 4.79 Å². The number of nitrogens with zero attached hydrogens (tertiary/aromatic N) is 6. The molecule has 1 aromatic heterocycles. The Morgan fingerprint density at radius 3 is 2.14 bits per heavy atom. The Morgan fingerprint density at radius 1 is 0.857 bits per heavy atom. The second-order valence-electron chi connectivity index (χ2n) is 7.30. The van der Waals surface area contributed by atoms with Crippen molar-refractivity contribution in [2.75, 3.05) is 68.7 Å². The van der Waals surface area contributed by atoms with E-state index < -0.39 is 0 Å². The number of aromatic nitrogens is 2. The van der Waals surface area contributed by atoms with Crippen molar-refractivity contribution in [3.05, 3.63) is 48.4 Å². The average Bonchev–Trinajstić information content (AvgIpc) is 2.79. The van der Waals surface area contributed by atoms with Crippen molar-refractivity contribution in [2.24, 2.45) is 0 Å². The van der Waals surface area contributed by atoms with Gasteiger partial charge in [-0.05, 0) is 18.7 Å². The molecule has 2 aliphatic heterocycles. The number of benzene rings is 1. The van der Waals surface area contributed by atoms with Gasteiger partial charge in [-0.1, -0.05) is 25.1 Å². The van der Waals surface area contributed by atoms with Crippen LogP contribution in [0.4, 0.5) is 11.5 Å². The second-order valence-corrected chi connectivity index (χ2v) is 7.30. The predicted octanol–water partition coefficient (Wildman–Crippen LogP) is 1.58. The highest BCUT2D eigenvalue weighted by molar-refractivity contribution is 5.92. The Balaban J connectivity index is 1.33. The number of piperazine rings is 2. The molecule has 3 heterocycles. The van der Waals surface area contributed by atoms with E-state index in [2.05, 4.69) is 55.9 Å². The molecular formula is C21H28N6O. The molecule has 7 heteroatoms. The predicted molar refractivity (Wildman–Crippen MR) is 111 cm³/mol. The average molecular weight is 380 g/mol. The maximum Gasteiger partial charge on any atom is 0.274 e. The quantitative estimate of drug-likeness (QED) is 0.803. The minimum absolute atomic E-state index is 0.0105. The summed E-state index contributed by atoms with van der Waals surface area (Å²) < 4.78 is 0. The molecule has 0 saturated carbocycles. The van der Waals surface area contributed by atoms with Crippen LogP contribution in [0, 0.1) is 0 Å². The van der Waals surface area contributed by atoms with Crippen LogP contribution in [-0.2, 0) is 0 Å². The third-order valence-electron chi connectivity index (χ3n) is 5.69. The lowest BCUT2D eigenvalue weighted by atomic mass is 10.2. The molecule has 2 fully saturated rings. The second kappa shape index (κ2) is 8.56. The number of para-hydroxylation sites is 1. The van der Waals surface area contributed by atoms with Gasteiger partial charge in [0.25, 0.3) is 5.91 Å². The van der Waals surface area contributed by atoms with Gasteiger partial charge in [0.05, 0.1) is 12.4 Å². The smallest absolute Gasteiger partial charge is 0.274 e. The highest BCUT2D eigenvalue weighted by atomic mass is 16.2. The molecule has 0 aliphatic carbocycles. The lowest BCUT2D eigenvalue weighted by Gasteiger charge is -2.36. The van der Waals surface area contributed by atoms with Gasteiger partial charge in [-0.25, -0.2) is 9.97 Å². The van der Waals surface area contributed by atoms with Crippen molar-refractivity contribution in [1.82, 2.24) is 19.8 Å². The molecular weight excluding hydrogens is 352 g/mol. The first-order valence-corrected chi connectivity index (χ1v) is 10.1. The van der Waals surface area contributed by atoms with Crippen LogP contribution in [0.5, 0.6) is 0 Å². The van der Waals surface area contributed by atoms with Crippen LogP contribution in [-0.4, -0.2) is 84.6 Å². The fourth-order valence-electron chi connectivity index (χ4n) is 3.86. The zero-order valence-electron chi connectivity index (χ0n) is 16.5. The maximum absolute atomic E-state index is 12.7.